The molecule has 3 aromatic carbocycles. The molecule has 0 saturated carbocycles. The van der Waals surface area contributed by atoms with E-state index in [0.717, 1.165) is 34.1 Å². The largest absolute Gasteiger partial charge is 0.493 e. The molecule has 1 unspecified atom stereocenters. The van der Waals surface area contributed by atoms with Crippen molar-refractivity contribution in [3.8, 4) is 11.5 Å². The molecule has 0 fully saturated rings. The van der Waals surface area contributed by atoms with E-state index in [4.69, 9.17) is 9.47 Å². The molecule has 0 aliphatic carbocycles. The van der Waals surface area contributed by atoms with Crippen molar-refractivity contribution in [2.24, 2.45) is 0 Å². The van der Waals surface area contributed by atoms with Crippen LogP contribution in [0.15, 0.2) is 66.9 Å². The monoisotopic (exact) mass is 469 g/mol. The number of carbonyl (C=O) groups excluding carboxylic acids is 1. The first-order valence-corrected chi connectivity index (χ1v) is 11.5. The maximum Gasteiger partial charge on any atom is 0.251 e. The number of benzene rings is 3. The van der Waals surface area contributed by atoms with Crippen molar-refractivity contribution in [3.63, 3.8) is 0 Å². The minimum atomic E-state index is -0.176. The number of hydrogen-bond donors (Lipinski definition) is 2. The molecule has 35 heavy (non-hydrogen) atoms. The first-order chi connectivity index (χ1) is 17.1. The Bertz CT molecular complexity index is 1500. The molecule has 1 amide bonds. The van der Waals surface area contributed by atoms with Gasteiger partial charge in [-0.05, 0) is 42.8 Å². The lowest BCUT2D eigenvalue weighted by molar-refractivity contribution is 0.0952. The highest BCUT2D eigenvalue weighted by molar-refractivity contribution is 5.97. The molecule has 0 bridgehead atoms. The minimum Gasteiger partial charge on any atom is -0.493 e. The molecule has 178 valence electrons. The first kappa shape index (κ1) is 22.5. The van der Waals surface area contributed by atoms with E-state index in [1.54, 1.807) is 31.0 Å². The first-order valence-electron chi connectivity index (χ1n) is 11.5. The number of H-pyrrole nitrogens is 1. The number of methoxy groups -OCH3 is 2. The SMILES string of the molecule is CCn1nnc2cc(C(=O)NCC(c3cccc(OC)c3OC)c3c[nH]c4ccccc34)ccc21. The lowest BCUT2D eigenvalue weighted by atomic mass is 9.89. The number of nitrogens with one attached hydrogen (secondary N) is 2. The van der Waals surface area contributed by atoms with Crippen LogP contribution in [0.4, 0.5) is 0 Å². The molecule has 0 radical (unpaired) electrons. The van der Waals surface area contributed by atoms with Crippen molar-refractivity contribution in [2.45, 2.75) is 19.4 Å². The Balaban J connectivity index is 1.50. The predicted molar refractivity (Wildman–Crippen MR) is 135 cm³/mol. The number of rotatable bonds is 8. The topological polar surface area (TPSA) is 94.1 Å². The summed E-state index contributed by atoms with van der Waals surface area (Å²) in [6.45, 7) is 3.09. The van der Waals surface area contributed by atoms with Crippen LogP contribution in [-0.4, -0.2) is 46.6 Å². The quantitative estimate of drug-likeness (QED) is 0.349. The molecule has 0 saturated heterocycles. The zero-order chi connectivity index (χ0) is 24.4. The average molecular weight is 470 g/mol. The van der Waals surface area contributed by atoms with Crippen LogP contribution in [0, 0.1) is 0 Å². The van der Waals surface area contributed by atoms with Gasteiger partial charge in [0.1, 0.15) is 5.52 Å². The maximum absolute atomic E-state index is 13.2. The Kier molecular flexibility index (Phi) is 6.10. The highest BCUT2D eigenvalue weighted by Gasteiger charge is 2.24. The second-order valence-electron chi connectivity index (χ2n) is 8.24. The van der Waals surface area contributed by atoms with Gasteiger partial charge in [0.15, 0.2) is 11.5 Å². The molecule has 0 aliphatic heterocycles. The van der Waals surface area contributed by atoms with Crippen molar-refractivity contribution < 1.29 is 14.3 Å². The van der Waals surface area contributed by atoms with Gasteiger partial charge in [-0.3, -0.25) is 4.79 Å². The van der Waals surface area contributed by atoms with E-state index in [9.17, 15) is 4.79 Å². The van der Waals surface area contributed by atoms with Gasteiger partial charge in [-0.2, -0.15) is 0 Å². The highest BCUT2D eigenvalue weighted by atomic mass is 16.5. The summed E-state index contributed by atoms with van der Waals surface area (Å²) in [7, 11) is 3.25. The van der Waals surface area contributed by atoms with Crippen LogP contribution in [0.25, 0.3) is 21.9 Å². The number of nitrogens with zero attached hydrogens (tertiary/aromatic N) is 3. The van der Waals surface area contributed by atoms with Crippen LogP contribution in [0.1, 0.15) is 34.3 Å². The molecule has 1 atom stereocenters. The molecule has 2 aromatic heterocycles. The second-order valence-corrected chi connectivity index (χ2v) is 8.24. The van der Waals surface area contributed by atoms with E-state index in [-0.39, 0.29) is 11.8 Å². The zero-order valence-electron chi connectivity index (χ0n) is 19.9. The van der Waals surface area contributed by atoms with Crippen LogP contribution in [-0.2, 0) is 6.54 Å². The molecule has 8 nitrogen and oxygen atoms in total. The summed E-state index contributed by atoms with van der Waals surface area (Å²) >= 11 is 0. The fourth-order valence-corrected chi connectivity index (χ4v) is 4.60. The third kappa shape index (κ3) is 4.07. The van der Waals surface area contributed by atoms with Crippen molar-refractivity contribution >= 4 is 27.8 Å². The van der Waals surface area contributed by atoms with Gasteiger partial charge in [0.05, 0.1) is 19.7 Å². The van der Waals surface area contributed by atoms with Crippen molar-refractivity contribution in [1.29, 1.82) is 0 Å². The van der Waals surface area contributed by atoms with Gasteiger partial charge < -0.3 is 19.8 Å². The number of aromatic amines is 1. The van der Waals surface area contributed by atoms with E-state index >= 15 is 0 Å². The lowest BCUT2D eigenvalue weighted by Crippen LogP contribution is -2.29. The van der Waals surface area contributed by atoms with Crippen molar-refractivity contribution in [3.05, 3.63) is 83.6 Å². The van der Waals surface area contributed by atoms with E-state index in [2.05, 4.69) is 26.7 Å². The second kappa shape index (κ2) is 9.50. The van der Waals surface area contributed by atoms with Gasteiger partial charge in [0.2, 0.25) is 0 Å². The Morgan fingerprint density at radius 3 is 2.71 bits per heavy atom. The molecule has 5 aromatic rings. The molecule has 0 aliphatic rings. The lowest BCUT2D eigenvalue weighted by Gasteiger charge is -2.22. The Morgan fingerprint density at radius 1 is 1.06 bits per heavy atom. The maximum atomic E-state index is 13.2. The standard InChI is InChI=1S/C27H27N5O3/c1-4-32-24-13-12-17(14-23(24)30-31-32)27(33)29-16-21(19-9-7-11-25(34-2)26(19)35-3)20-15-28-22-10-6-5-8-18(20)22/h5-15,21,28H,4,16H2,1-3H3,(H,29,33). The summed E-state index contributed by atoms with van der Waals surface area (Å²) in [4.78, 5) is 16.5. The summed E-state index contributed by atoms with van der Waals surface area (Å²) in [6.07, 6.45) is 2.00. The molecule has 8 heteroatoms. The van der Waals surface area contributed by atoms with Gasteiger partial charge in [0, 0.05) is 47.2 Å². The average Bonchev–Trinajstić information content (AvgIpc) is 3.52. The van der Waals surface area contributed by atoms with Crippen LogP contribution in [0.2, 0.25) is 0 Å². The van der Waals surface area contributed by atoms with Gasteiger partial charge in [0.25, 0.3) is 5.91 Å². The zero-order valence-corrected chi connectivity index (χ0v) is 19.9. The number of amides is 1. The molecule has 2 heterocycles. The predicted octanol–water partition coefficient (Wildman–Crippen LogP) is 4.51. The molecule has 0 spiro atoms. The third-order valence-corrected chi connectivity index (χ3v) is 6.35. The summed E-state index contributed by atoms with van der Waals surface area (Å²) < 4.78 is 13.1. The van der Waals surface area contributed by atoms with Crippen LogP contribution < -0.4 is 14.8 Å². The van der Waals surface area contributed by atoms with Gasteiger partial charge in [-0.25, -0.2) is 4.68 Å². The number of para-hydroxylation sites is 2. The number of aryl methyl sites for hydroxylation is 1. The smallest absolute Gasteiger partial charge is 0.251 e. The highest BCUT2D eigenvalue weighted by Crippen LogP contribution is 2.40. The third-order valence-electron chi connectivity index (χ3n) is 6.35. The van der Waals surface area contributed by atoms with E-state index < -0.39 is 0 Å². The number of hydrogen-bond acceptors (Lipinski definition) is 5. The minimum absolute atomic E-state index is 0.176. The fraction of sp³-hybridized carbons (Fsp3) is 0.222. The van der Waals surface area contributed by atoms with Crippen LogP contribution in [0.5, 0.6) is 11.5 Å². The molecular weight excluding hydrogens is 442 g/mol. The Hall–Kier alpha value is -4.33. The van der Waals surface area contributed by atoms with Gasteiger partial charge in [-0.15, -0.1) is 5.10 Å². The summed E-state index contributed by atoms with van der Waals surface area (Å²) in [5, 5.41) is 12.5. The molecule has 5 rings (SSSR count). The molecular formula is C27H27N5O3. The Labute approximate surface area is 202 Å². The summed E-state index contributed by atoms with van der Waals surface area (Å²) in [6, 6.07) is 19.4. The number of ether oxygens (including phenoxy) is 2. The number of aromatic nitrogens is 4. The van der Waals surface area contributed by atoms with Crippen molar-refractivity contribution in [2.75, 3.05) is 20.8 Å². The van der Waals surface area contributed by atoms with Crippen LogP contribution in [0.3, 0.4) is 0 Å². The number of fused-ring (bicyclic) bond motifs is 2. The Morgan fingerprint density at radius 2 is 1.91 bits per heavy atom. The summed E-state index contributed by atoms with van der Waals surface area (Å²) in [5.74, 6) is 0.942. The van der Waals surface area contributed by atoms with Gasteiger partial charge in [-0.1, -0.05) is 35.5 Å². The van der Waals surface area contributed by atoms with Gasteiger partial charge >= 0.3 is 0 Å². The van der Waals surface area contributed by atoms with Crippen LogP contribution >= 0.6 is 0 Å². The summed E-state index contributed by atoms with van der Waals surface area (Å²) in [5.41, 5.74) is 5.16. The number of carbonyl (C=O) groups is 1. The van der Waals surface area contributed by atoms with E-state index in [1.807, 2.05) is 55.6 Å². The fourth-order valence-electron chi connectivity index (χ4n) is 4.60. The van der Waals surface area contributed by atoms with E-state index in [1.165, 1.54) is 0 Å². The van der Waals surface area contributed by atoms with Crippen molar-refractivity contribution in [1.82, 2.24) is 25.3 Å². The normalized spacial score (nSPS) is 12.1. The van der Waals surface area contributed by atoms with E-state index in [0.29, 0.717) is 29.1 Å². The molecule has 2 N–H and O–H groups in total.